The molecule has 8 heteroatoms. The fourth-order valence-electron chi connectivity index (χ4n) is 2.09. The van der Waals surface area contributed by atoms with Gasteiger partial charge in [-0.25, -0.2) is 14.4 Å². The quantitative estimate of drug-likeness (QED) is 0.673. The van der Waals surface area contributed by atoms with Crippen molar-refractivity contribution in [2.24, 2.45) is 0 Å². The highest BCUT2D eigenvalue weighted by Gasteiger charge is 2.10. The van der Waals surface area contributed by atoms with Gasteiger partial charge in [0.05, 0.1) is 11.8 Å². The monoisotopic (exact) mass is 326 g/mol. The van der Waals surface area contributed by atoms with Gasteiger partial charge in [-0.05, 0) is 18.2 Å². The van der Waals surface area contributed by atoms with Gasteiger partial charge in [-0.15, -0.1) is 0 Å². The molecule has 0 saturated heterocycles. The van der Waals surface area contributed by atoms with Gasteiger partial charge in [-0.3, -0.25) is 9.78 Å². The summed E-state index contributed by atoms with van der Waals surface area (Å²) >= 11 is 0. The molecule has 0 unspecified atom stereocenters. The minimum absolute atomic E-state index is 0.0260. The van der Waals surface area contributed by atoms with E-state index in [1.165, 1.54) is 18.6 Å². The zero-order valence-electron chi connectivity index (χ0n) is 12.7. The summed E-state index contributed by atoms with van der Waals surface area (Å²) in [4.78, 5) is 23.8. The number of pyridine rings is 1. The zero-order valence-corrected chi connectivity index (χ0v) is 12.7. The average Bonchev–Trinajstić information content (AvgIpc) is 3.14. The fourth-order valence-corrected chi connectivity index (χ4v) is 2.09. The van der Waals surface area contributed by atoms with Crippen molar-refractivity contribution in [2.45, 2.75) is 0 Å². The van der Waals surface area contributed by atoms with Crippen molar-refractivity contribution in [1.29, 1.82) is 0 Å². The van der Waals surface area contributed by atoms with Crippen LogP contribution in [-0.2, 0) is 0 Å². The van der Waals surface area contributed by atoms with Crippen molar-refractivity contribution < 1.29 is 9.18 Å². The Bertz CT molecular complexity index is 821. The number of amides is 1. The number of nitrogens with one attached hydrogen (secondary N) is 2. The molecule has 0 aromatic carbocycles. The third kappa shape index (κ3) is 3.72. The highest BCUT2D eigenvalue weighted by atomic mass is 19.1. The Morgan fingerprint density at radius 1 is 1.21 bits per heavy atom. The van der Waals surface area contributed by atoms with E-state index in [0.717, 1.165) is 12.0 Å². The summed E-state index contributed by atoms with van der Waals surface area (Å²) in [6, 6.07) is 6.95. The van der Waals surface area contributed by atoms with E-state index < -0.39 is 11.7 Å². The molecule has 0 aliphatic carbocycles. The van der Waals surface area contributed by atoms with Gasteiger partial charge >= 0.3 is 0 Å². The van der Waals surface area contributed by atoms with Gasteiger partial charge < -0.3 is 15.2 Å². The molecular weight excluding hydrogens is 311 g/mol. The van der Waals surface area contributed by atoms with Gasteiger partial charge in [-0.2, -0.15) is 0 Å². The number of nitrogens with zero attached hydrogens (tertiary/aromatic N) is 4. The highest BCUT2D eigenvalue weighted by Crippen LogP contribution is 2.08. The van der Waals surface area contributed by atoms with Crippen LogP contribution in [-0.4, -0.2) is 38.5 Å². The first-order valence-electron chi connectivity index (χ1n) is 7.31. The highest BCUT2D eigenvalue weighted by molar-refractivity contribution is 5.94. The molecule has 24 heavy (non-hydrogen) atoms. The van der Waals surface area contributed by atoms with Crippen LogP contribution in [0.25, 0.3) is 5.82 Å². The maximum atomic E-state index is 13.4. The molecule has 122 valence electrons. The van der Waals surface area contributed by atoms with Crippen LogP contribution >= 0.6 is 0 Å². The number of rotatable bonds is 6. The summed E-state index contributed by atoms with van der Waals surface area (Å²) < 4.78 is 15.3. The number of carbonyl (C=O) groups is 1. The Morgan fingerprint density at radius 3 is 2.83 bits per heavy atom. The zero-order chi connectivity index (χ0) is 16.8. The van der Waals surface area contributed by atoms with Crippen molar-refractivity contribution in [2.75, 3.05) is 18.4 Å². The van der Waals surface area contributed by atoms with E-state index in [2.05, 4.69) is 25.6 Å². The largest absolute Gasteiger partial charge is 0.368 e. The van der Waals surface area contributed by atoms with Crippen LogP contribution in [0.3, 0.4) is 0 Å². The second kappa shape index (κ2) is 7.32. The lowest BCUT2D eigenvalue weighted by Crippen LogP contribution is -2.29. The molecule has 7 nitrogen and oxygen atoms in total. The molecule has 0 radical (unpaired) electrons. The first-order chi connectivity index (χ1) is 11.7. The summed E-state index contributed by atoms with van der Waals surface area (Å²) in [6.45, 7) is 0.768. The number of anilines is 1. The minimum Gasteiger partial charge on any atom is -0.368 e. The van der Waals surface area contributed by atoms with Crippen LogP contribution < -0.4 is 10.6 Å². The Kier molecular flexibility index (Phi) is 4.76. The van der Waals surface area contributed by atoms with Crippen LogP contribution in [0, 0.1) is 5.82 Å². The van der Waals surface area contributed by atoms with Gasteiger partial charge in [-0.1, -0.05) is 0 Å². The number of halogens is 1. The van der Waals surface area contributed by atoms with Gasteiger partial charge in [0.2, 0.25) is 0 Å². The van der Waals surface area contributed by atoms with E-state index >= 15 is 0 Å². The molecule has 3 aromatic heterocycles. The summed E-state index contributed by atoms with van der Waals surface area (Å²) in [5.74, 6) is 0.251. The van der Waals surface area contributed by atoms with E-state index in [-0.39, 0.29) is 5.56 Å². The normalized spacial score (nSPS) is 10.4. The summed E-state index contributed by atoms with van der Waals surface area (Å²) in [5.41, 5.74) is -0.0260. The second-order valence-corrected chi connectivity index (χ2v) is 4.89. The predicted octanol–water partition coefficient (Wildman–Crippen LogP) is 1.64. The van der Waals surface area contributed by atoms with Crippen molar-refractivity contribution >= 4 is 11.7 Å². The molecule has 1 amide bonds. The molecule has 2 N–H and O–H groups in total. The Morgan fingerprint density at radius 2 is 2.04 bits per heavy atom. The standard InChI is InChI=1S/C16H15FN6O/c17-13-10-18-4-3-12(13)16(24)20-6-5-19-14-9-15(22-11-21-14)23-7-1-2-8-23/h1-4,7-11H,5-6H2,(H,20,24)(H,19,21,22). The predicted molar refractivity (Wildman–Crippen MR) is 86.4 cm³/mol. The van der Waals surface area contributed by atoms with Crippen LogP contribution in [0.5, 0.6) is 0 Å². The molecule has 0 fully saturated rings. The smallest absolute Gasteiger partial charge is 0.254 e. The summed E-state index contributed by atoms with van der Waals surface area (Å²) in [5, 5.41) is 5.72. The molecule has 0 spiro atoms. The van der Waals surface area contributed by atoms with Crippen LogP contribution in [0.15, 0.2) is 55.4 Å². The Balaban J connectivity index is 1.51. The Labute approximate surface area is 137 Å². The topological polar surface area (TPSA) is 84.7 Å². The molecular formula is C16H15FN6O. The van der Waals surface area contributed by atoms with Gasteiger partial charge in [0.1, 0.15) is 18.0 Å². The van der Waals surface area contributed by atoms with E-state index in [4.69, 9.17) is 0 Å². The number of carbonyl (C=O) groups excluding carboxylic acids is 1. The Hall–Kier alpha value is -3.29. The summed E-state index contributed by atoms with van der Waals surface area (Å²) in [6.07, 6.45) is 7.62. The van der Waals surface area contributed by atoms with Crippen LogP contribution in [0.2, 0.25) is 0 Å². The van der Waals surface area contributed by atoms with Crippen molar-refractivity contribution in [3.63, 3.8) is 0 Å². The fraction of sp³-hybridized carbons (Fsp3) is 0.125. The summed E-state index contributed by atoms with van der Waals surface area (Å²) in [7, 11) is 0. The molecule has 0 aliphatic heterocycles. The maximum Gasteiger partial charge on any atom is 0.254 e. The van der Waals surface area contributed by atoms with Crippen molar-refractivity contribution in [1.82, 2.24) is 24.8 Å². The lowest BCUT2D eigenvalue weighted by molar-refractivity contribution is 0.0951. The first-order valence-corrected chi connectivity index (χ1v) is 7.31. The van der Waals surface area contributed by atoms with E-state index in [1.54, 1.807) is 6.07 Å². The molecule has 0 bridgehead atoms. The maximum absolute atomic E-state index is 13.4. The molecule has 0 aliphatic rings. The van der Waals surface area contributed by atoms with Crippen LogP contribution in [0.4, 0.5) is 10.2 Å². The van der Waals surface area contributed by atoms with Gasteiger partial charge in [0, 0.05) is 37.7 Å². The third-order valence-electron chi connectivity index (χ3n) is 3.26. The first kappa shape index (κ1) is 15.6. The lowest BCUT2D eigenvalue weighted by atomic mass is 10.2. The number of aromatic nitrogens is 4. The SMILES string of the molecule is O=C(NCCNc1cc(-n2cccc2)ncn1)c1ccncc1F. The molecule has 0 atom stereocenters. The number of hydrogen-bond acceptors (Lipinski definition) is 5. The minimum atomic E-state index is -0.643. The second-order valence-electron chi connectivity index (χ2n) is 4.89. The van der Waals surface area contributed by atoms with E-state index in [9.17, 15) is 9.18 Å². The third-order valence-corrected chi connectivity index (χ3v) is 3.26. The van der Waals surface area contributed by atoms with Crippen molar-refractivity contribution in [3.05, 3.63) is 66.8 Å². The average molecular weight is 326 g/mol. The van der Waals surface area contributed by atoms with E-state index in [1.807, 2.05) is 29.1 Å². The van der Waals surface area contributed by atoms with Crippen LogP contribution in [0.1, 0.15) is 10.4 Å². The molecule has 3 rings (SSSR count). The van der Waals surface area contributed by atoms with Gasteiger partial charge in [0.25, 0.3) is 5.91 Å². The number of hydrogen-bond donors (Lipinski definition) is 2. The molecule has 0 saturated carbocycles. The van der Waals surface area contributed by atoms with Gasteiger partial charge in [0.15, 0.2) is 5.82 Å². The lowest BCUT2D eigenvalue weighted by Gasteiger charge is -2.09. The van der Waals surface area contributed by atoms with E-state index in [0.29, 0.717) is 18.9 Å². The van der Waals surface area contributed by atoms with Crippen molar-refractivity contribution in [3.8, 4) is 5.82 Å². The molecule has 3 aromatic rings. The molecule has 3 heterocycles.